The molecule has 3 rings (SSSR count). The minimum Gasteiger partial charge on any atom is -0.493 e. The molecule has 0 aliphatic carbocycles. The van der Waals surface area contributed by atoms with Crippen LogP contribution >= 0.6 is 0 Å². The summed E-state index contributed by atoms with van der Waals surface area (Å²) in [6, 6.07) is 9.70. The van der Waals surface area contributed by atoms with Crippen LogP contribution in [0, 0.1) is 0 Å². The molecule has 1 aliphatic heterocycles. The maximum atomic E-state index is 5.47. The largest absolute Gasteiger partial charge is 0.493 e. The monoisotopic (exact) mass is 314 g/mol. The zero-order chi connectivity index (χ0) is 16.2. The zero-order valence-corrected chi connectivity index (χ0v) is 13.2. The molecule has 0 fully saturated rings. The number of anilines is 2. The van der Waals surface area contributed by atoms with Crippen LogP contribution in [0.25, 0.3) is 12.2 Å². The third kappa shape index (κ3) is 2.89. The SMILES string of the molecule is COc1ccc(/C=C/c2ccc3c(c2)NON3)c(OC)c1OC. The molecule has 120 valence electrons. The summed E-state index contributed by atoms with van der Waals surface area (Å²) in [5, 5.41) is 0. The van der Waals surface area contributed by atoms with Gasteiger partial charge >= 0.3 is 0 Å². The van der Waals surface area contributed by atoms with Crippen LogP contribution in [0.4, 0.5) is 11.4 Å². The van der Waals surface area contributed by atoms with Gasteiger partial charge < -0.3 is 14.2 Å². The predicted molar refractivity (Wildman–Crippen MR) is 89.8 cm³/mol. The number of ether oxygens (including phenoxy) is 3. The van der Waals surface area contributed by atoms with Gasteiger partial charge in [-0.05, 0) is 29.8 Å². The number of benzene rings is 2. The lowest BCUT2D eigenvalue weighted by atomic mass is 10.1. The minimum atomic E-state index is 0.574. The van der Waals surface area contributed by atoms with E-state index in [1.54, 1.807) is 21.3 Å². The Balaban J connectivity index is 1.93. The average Bonchev–Trinajstić information content (AvgIpc) is 3.06. The standard InChI is InChI=1S/C17H18N2O4/c1-20-15-9-7-12(16(21-2)17(15)22-3)6-4-11-5-8-13-14(10-11)19-23-18-13/h4-10,18-19H,1-3H3/b6-4+. The second-order valence-electron chi connectivity index (χ2n) is 4.87. The third-order valence-electron chi connectivity index (χ3n) is 3.56. The molecule has 6 heteroatoms. The molecule has 0 saturated carbocycles. The highest BCUT2D eigenvalue weighted by atomic mass is 16.8. The first kappa shape index (κ1) is 15.1. The van der Waals surface area contributed by atoms with Gasteiger partial charge in [0.15, 0.2) is 11.5 Å². The summed E-state index contributed by atoms with van der Waals surface area (Å²) in [6.07, 6.45) is 3.95. The molecule has 0 unspecified atom stereocenters. The molecule has 2 aromatic rings. The first-order valence-electron chi connectivity index (χ1n) is 7.05. The van der Waals surface area contributed by atoms with Gasteiger partial charge in [0, 0.05) is 5.56 Å². The fraction of sp³-hybridized carbons (Fsp3) is 0.176. The van der Waals surface area contributed by atoms with Gasteiger partial charge in [0.2, 0.25) is 5.75 Å². The Kier molecular flexibility index (Phi) is 4.25. The lowest BCUT2D eigenvalue weighted by molar-refractivity contribution is 0.282. The van der Waals surface area contributed by atoms with E-state index in [0.717, 1.165) is 22.5 Å². The smallest absolute Gasteiger partial charge is 0.203 e. The van der Waals surface area contributed by atoms with Crippen molar-refractivity contribution in [3.63, 3.8) is 0 Å². The normalized spacial score (nSPS) is 12.5. The number of methoxy groups -OCH3 is 3. The number of fused-ring (bicyclic) bond motifs is 1. The molecular formula is C17H18N2O4. The Labute approximate surface area is 134 Å². The number of hydrogen-bond donors (Lipinski definition) is 2. The molecule has 1 aliphatic rings. The van der Waals surface area contributed by atoms with Crippen LogP contribution < -0.4 is 25.2 Å². The van der Waals surface area contributed by atoms with Crippen LogP contribution in [-0.2, 0) is 4.94 Å². The second kappa shape index (κ2) is 6.50. The fourth-order valence-electron chi connectivity index (χ4n) is 2.42. The molecule has 0 amide bonds. The van der Waals surface area contributed by atoms with Crippen LogP contribution in [0.2, 0.25) is 0 Å². The molecule has 0 spiro atoms. The van der Waals surface area contributed by atoms with E-state index >= 15 is 0 Å². The van der Waals surface area contributed by atoms with Gasteiger partial charge in [-0.2, -0.15) is 4.94 Å². The van der Waals surface area contributed by atoms with E-state index < -0.39 is 0 Å². The molecule has 2 N–H and O–H groups in total. The van der Waals surface area contributed by atoms with Crippen molar-refractivity contribution < 1.29 is 19.1 Å². The third-order valence-corrected chi connectivity index (χ3v) is 3.56. The van der Waals surface area contributed by atoms with Crippen LogP contribution in [-0.4, -0.2) is 21.3 Å². The molecule has 0 radical (unpaired) electrons. The number of rotatable bonds is 5. The molecule has 0 aromatic heterocycles. The van der Waals surface area contributed by atoms with E-state index in [-0.39, 0.29) is 0 Å². The maximum Gasteiger partial charge on any atom is 0.203 e. The van der Waals surface area contributed by atoms with Gasteiger partial charge in [0.25, 0.3) is 0 Å². The Hall–Kier alpha value is -2.86. The van der Waals surface area contributed by atoms with E-state index in [1.807, 2.05) is 42.5 Å². The number of nitrogens with one attached hydrogen (secondary N) is 2. The summed E-state index contributed by atoms with van der Waals surface area (Å²) in [4.78, 5) is 4.95. The molecule has 1 heterocycles. The molecule has 0 atom stereocenters. The Morgan fingerprint density at radius 3 is 2.35 bits per heavy atom. The van der Waals surface area contributed by atoms with E-state index in [1.165, 1.54) is 0 Å². The summed E-state index contributed by atoms with van der Waals surface area (Å²) >= 11 is 0. The Morgan fingerprint density at radius 2 is 1.61 bits per heavy atom. The van der Waals surface area contributed by atoms with Gasteiger partial charge in [0.05, 0.1) is 32.7 Å². The summed E-state index contributed by atoms with van der Waals surface area (Å²) < 4.78 is 16.2. The predicted octanol–water partition coefficient (Wildman–Crippen LogP) is 3.57. The van der Waals surface area contributed by atoms with Crippen LogP contribution in [0.1, 0.15) is 11.1 Å². The highest BCUT2D eigenvalue weighted by Gasteiger charge is 2.14. The van der Waals surface area contributed by atoms with Crippen LogP contribution in [0.15, 0.2) is 30.3 Å². The first-order valence-corrected chi connectivity index (χ1v) is 7.05. The highest BCUT2D eigenvalue weighted by molar-refractivity contribution is 5.79. The van der Waals surface area contributed by atoms with Crippen molar-refractivity contribution in [2.45, 2.75) is 0 Å². The average molecular weight is 314 g/mol. The minimum absolute atomic E-state index is 0.574. The zero-order valence-electron chi connectivity index (χ0n) is 13.2. The van der Waals surface area contributed by atoms with Crippen molar-refractivity contribution in [3.05, 3.63) is 41.5 Å². The Bertz CT molecular complexity index is 744. The van der Waals surface area contributed by atoms with Gasteiger partial charge in [-0.25, -0.2) is 11.0 Å². The summed E-state index contributed by atoms with van der Waals surface area (Å²) in [6.45, 7) is 0. The van der Waals surface area contributed by atoms with Crippen molar-refractivity contribution in [3.8, 4) is 17.2 Å². The molecule has 0 saturated heterocycles. The molecule has 0 bridgehead atoms. The van der Waals surface area contributed by atoms with Crippen molar-refractivity contribution >= 4 is 23.5 Å². The van der Waals surface area contributed by atoms with E-state index in [2.05, 4.69) is 11.0 Å². The topological polar surface area (TPSA) is 61.0 Å². The molecule has 6 nitrogen and oxygen atoms in total. The summed E-state index contributed by atoms with van der Waals surface area (Å²) in [5.41, 5.74) is 9.28. The molecule has 2 aromatic carbocycles. The quantitative estimate of drug-likeness (QED) is 0.823. The maximum absolute atomic E-state index is 5.47. The lowest BCUT2D eigenvalue weighted by Gasteiger charge is -2.14. The van der Waals surface area contributed by atoms with Gasteiger partial charge in [0.1, 0.15) is 0 Å². The first-order chi connectivity index (χ1) is 11.3. The molecular weight excluding hydrogens is 296 g/mol. The van der Waals surface area contributed by atoms with Gasteiger partial charge in [-0.15, -0.1) is 0 Å². The van der Waals surface area contributed by atoms with Crippen LogP contribution in [0.5, 0.6) is 17.2 Å². The summed E-state index contributed by atoms with van der Waals surface area (Å²) in [5.74, 6) is 1.84. The van der Waals surface area contributed by atoms with Gasteiger partial charge in [-0.1, -0.05) is 18.2 Å². The van der Waals surface area contributed by atoms with Gasteiger partial charge in [-0.3, -0.25) is 0 Å². The van der Waals surface area contributed by atoms with E-state index in [0.29, 0.717) is 17.2 Å². The van der Waals surface area contributed by atoms with Crippen molar-refractivity contribution in [2.24, 2.45) is 0 Å². The summed E-state index contributed by atoms with van der Waals surface area (Å²) in [7, 11) is 4.80. The number of hydrogen-bond acceptors (Lipinski definition) is 6. The van der Waals surface area contributed by atoms with Crippen molar-refractivity contribution in [1.29, 1.82) is 0 Å². The van der Waals surface area contributed by atoms with E-state index in [9.17, 15) is 0 Å². The van der Waals surface area contributed by atoms with Crippen LogP contribution in [0.3, 0.4) is 0 Å². The second-order valence-corrected chi connectivity index (χ2v) is 4.87. The van der Waals surface area contributed by atoms with Crippen molar-refractivity contribution in [1.82, 2.24) is 0 Å². The molecule has 23 heavy (non-hydrogen) atoms. The Morgan fingerprint density at radius 1 is 0.826 bits per heavy atom. The van der Waals surface area contributed by atoms with E-state index in [4.69, 9.17) is 19.1 Å². The lowest BCUT2D eigenvalue weighted by Crippen LogP contribution is -1.96. The van der Waals surface area contributed by atoms with Crippen molar-refractivity contribution in [2.75, 3.05) is 32.3 Å². The highest BCUT2D eigenvalue weighted by Crippen LogP contribution is 2.40. The fourth-order valence-corrected chi connectivity index (χ4v) is 2.42.